The Morgan fingerprint density at radius 2 is 1.61 bits per heavy atom. The second-order valence-corrected chi connectivity index (χ2v) is 10.5. The summed E-state index contributed by atoms with van der Waals surface area (Å²) in [5.41, 5.74) is 0.861. The lowest BCUT2D eigenvalue weighted by atomic mass is 10.1. The molecule has 0 heterocycles. The van der Waals surface area contributed by atoms with E-state index in [4.69, 9.17) is 34.8 Å². The highest BCUT2D eigenvalue weighted by atomic mass is 35.5. The summed E-state index contributed by atoms with van der Waals surface area (Å²) in [6.07, 6.45) is 1.33. The first kappa shape index (κ1) is 27.2. The van der Waals surface area contributed by atoms with E-state index in [-0.39, 0.29) is 18.1 Å². The summed E-state index contributed by atoms with van der Waals surface area (Å²) in [4.78, 5) is 27.6. The van der Waals surface area contributed by atoms with Crippen LogP contribution in [0.3, 0.4) is 0 Å². The van der Waals surface area contributed by atoms with Crippen LogP contribution in [0.15, 0.2) is 42.5 Å². The average molecular weight is 535 g/mol. The van der Waals surface area contributed by atoms with Gasteiger partial charge in [-0.3, -0.25) is 13.9 Å². The minimum absolute atomic E-state index is 0.00267. The lowest BCUT2D eigenvalue weighted by Gasteiger charge is -2.33. The van der Waals surface area contributed by atoms with Crippen molar-refractivity contribution in [3.8, 4) is 0 Å². The molecule has 1 atom stereocenters. The average Bonchev–Trinajstić information content (AvgIpc) is 2.73. The van der Waals surface area contributed by atoms with E-state index in [0.717, 1.165) is 10.6 Å². The number of nitrogens with zero attached hydrogens (tertiary/aromatic N) is 2. The van der Waals surface area contributed by atoms with Crippen LogP contribution in [0.5, 0.6) is 0 Å². The van der Waals surface area contributed by atoms with E-state index >= 15 is 0 Å². The largest absolute Gasteiger partial charge is 0.355 e. The first-order valence-electron chi connectivity index (χ1n) is 10.2. The van der Waals surface area contributed by atoms with Crippen LogP contribution in [0.2, 0.25) is 15.1 Å². The van der Waals surface area contributed by atoms with Crippen LogP contribution in [0.1, 0.15) is 25.8 Å². The van der Waals surface area contributed by atoms with Crippen LogP contribution < -0.4 is 9.62 Å². The van der Waals surface area contributed by atoms with E-state index in [1.54, 1.807) is 32.0 Å². The number of hydrogen-bond donors (Lipinski definition) is 1. The van der Waals surface area contributed by atoms with Crippen LogP contribution in [0.25, 0.3) is 0 Å². The number of halogens is 3. The Bertz CT molecular complexity index is 1090. The van der Waals surface area contributed by atoms with Crippen molar-refractivity contribution in [2.24, 2.45) is 0 Å². The molecule has 0 aliphatic heterocycles. The van der Waals surface area contributed by atoms with Gasteiger partial charge in [-0.05, 0) is 55.3 Å². The van der Waals surface area contributed by atoms with Gasteiger partial charge in [-0.1, -0.05) is 47.8 Å². The molecule has 7 nitrogen and oxygen atoms in total. The van der Waals surface area contributed by atoms with Crippen molar-refractivity contribution < 1.29 is 18.0 Å². The Morgan fingerprint density at radius 3 is 2.12 bits per heavy atom. The first-order valence-corrected chi connectivity index (χ1v) is 13.2. The van der Waals surface area contributed by atoms with Crippen molar-refractivity contribution in [2.45, 2.75) is 32.9 Å². The van der Waals surface area contributed by atoms with Crippen molar-refractivity contribution in [3.05, 3.63) is 63.1 Å². The molecule has 1 N–H and O–H groups in total. The van der Waals surface area contributed by atoms with Crippen LogP contribution in [-0.4, -0.2) is 50.5 Å². The molecule has 2 aromatic rings. The van der Waals surface area contributed by atoms with Gasteiger partial charge in [-0.2, -0.15) is 0 Å². The number of rotatable bonds is 10. The van der Waals surface area contributed by atoms with E-state index in [1.807, 2.05) is 0 Å². The Hall–Kier alpha value is -2.00. The lowest BCUT2D eigenvalue weighted by molar-refractivity contribution is -0.140. The van der Waals surface area contributed by atoms with Crippen LogP contribution in [-0.2, 0) is 26.2 Å². The minimum Gasteiger partial charge on any atom is -0.355 e. The molecule has 0 radical (unpaired) electrons. The monoisotopic (exact) mass is 533 g/mol. The minimum atomic E-state index is -3.81. The molecule has 2 amide bonds. The predicted octanol–water partition coefficient (Wildman–Crippen LogP) is 4.36. The fraction of sp³-hybridized carbons (Fsp3) is 0.364. The second kappa shape index (κ2) is 11.9. The molecule has 0 aliphatic rings. The highest BCUT2D eigenvalue weighted by Crippen LogP contribution is 2.25. The summed E-state index contributed by atoms with van der Waals surface area (Å²) >= 11 is 18.2. The second-order valence-electron chi connectivity index (χ2n) is 7.32. The third-order valence-electron chi connectivity index (χ3n) is 4.89. The lowest BCUT2D eigenvalue weighted by Crippen LogP contribution is -2.52. The van der Waals surface area contributed by atoms with Gasteiger partial charge in [0, 0.05) is 28.2 Å². The maximum Gasteiger partial charge on any atom is 0.244 e. The molecule has 0 saturated carbocycles. The number of carbonyl (C=O) groups excluding carboxylic acids is 2. The molecule has 180 valence electrons. The quantitative estimate of drug-likeness (QED) is 0.491. The molecule has 2 aromatic carbocycles. The van der Waals surface area contributed by atoms with Gasteiger partial charge < -0.3 is 10.2 Å². The van der Waals surface area contributed by atoms with Gasteiger partial charge in [-0.15, -0.1) is 0 Å². The Balaban J connectivity index is 2.45. The zero-order valence-corrected chi connectivity index (χ0v) is 21.6. The Kier molecular flexibility index (Phi) is 9.84. The molecule has 2 rings (SSSR count). The van der Waals surface area contributed by atoms with E-state index < -0.39 is 28.5 Å². The molecule has 0 fully saturated rings. The molecule has 0 unspecified atom stereocenters. The normalized spacial score (nSPS) is 12.2. The van der Waals surface area contributed by atoms with Crippen molar-refractivity contribution in [3.63, 3.8) is 0 Å². The van der Waals surface area contributed by atoms with E-state index in [1.165, 1.54) is 29.2 Å². The summed E-state index contributed by atoms with van der Waals surface area (Å²) < 4.78 is 26.0. The van der Waals surface area contributed by atoms with Crippen LogP contribution in [0, 0.1) is 0 Å². The Morgan fingerprint density at radius 1 is 1.00 bits per heavy atom. The number of carbonyl (C=O) groups is 2. The zero-order chi connectivity index (χ0) is 24.8. The van der Waals surface area contributed by atoms with Crippen molar-refractivity contribution >= 4 is 62.3 Å². The molecule has 0 saturated heterocycles. The fourth-order valence-corrected chi connectivity index (χ4v) is 4.71. The summed E-state index contributed by atoms with van der Waals surface area (Å²) in [7, 11) is -3.81. The first-order chi connectivity index (χ1) is 15.5. The zero-order valence-electron chi connectivity index (χ0n) is 18.5. The van der Waals surface area contributed by atoms with E-state index in [2.05, 4.69) is 5.32 Å². The standard InChI is InChI=1S/C22H26Cl3N3O4S/c1-4-20(22(30)26-5-2)27(13-15-6-7-17(24)12-19(15)25)21(29)14-28(33(3,31)32)18-10-8-16(23)9-11-18/h6-12,20H,4-5,13-14H2,1-3H3,(H,26,30)/t20-/m1/s1. The summed E-state index contributed by atoms with van der Waals surface area (Å²) in [5, 5.41) is 3.93. The van der Waals surface area contributed by atoms with E-state index in [9.17, 15) is 18.0 Å². The molecular formula is C22H26Cl3N3O4S. The topological polar surface area (TPSA) is 86.8 Å². The van der Waals surface area contributed by atoms with Crippen LogP contribution in [0.4, 0.5) is 5.69 Å². The van der Waals surface area contributed by atoms with Crippen molar-refractivity contribution in [2.75, 3.05) is 23.7 Å². The third kappa shape index (κ3) is 7.50. The Labute approximate surface area is 209 Å². The van der Waals surface area contributed by atoms with Crippen LogP contribution >= 0.6 is 34.8 Å². The summed E-state index contributed by atoms with van der Waals surface area (Å²) in [6, 6.07) is 10.1. The van der Waals surface area contributed by atoms with Gasteiger partial charge in [0.15, 0.2) is 0 Å². The number of benzene rings is 2. The molecule has 0 bridgehead atoms. The van der Waals surface area contributed by atoms with Gasteiger partial charge >= 0.3 is 0 Å². The summed E-state index contributed by atoms with van der Waals surface area (Å²) in [5.74, 6) is -0.893. The third-order valence-corrected chi connectivity index (χ3v) is 6.87. The van der Waals surface area contributed by atoms with Crippen molar-refractivity contribution in [1.29, 1.82) is 0 Å². The highest BCUT2D eigenvalue weighted by Gasteiger charge is 2.31. The number of hydrogen-bond acceptors (Lipinski definition) is 4. The number of nitrogens with one attached hydrogen (secondary N) is 1. The number of anilines is 1. The smallest absolute Gasteiger partial charge is 0.244 e. The van der Waals surface area contributed by atoms with Gasteiger partial charge in [0.25, 0.3) is 0 Å². The fourth-order valence-electron chi connectivity index (χ4n) is 3.27. The van der Waals surface area contributed by atoms with Gasteiger partial charge in [0.1, 0.15) is 12.6 Å². The molecule has 11 heteroatoms. The van der Waals surface area contributed by atoms with Gasteiger partial charge in [0.2, 0.25) is 21.8 Å². The molecular weight excluding hydrogens is 509 g/mol. The maximum atomic E-state index is 13.5. The predicted molar refractivity (Wildman–Crippen MR) is 133 cm³/mol. The van der Waals surface area contributed by atoms with Crippen molar-refractivity contribution in [1.82, 2.24) is 10.2 Å². The maximum absolute atomic E-state index is 13.5. The van der Waals surface area contributed by atoms with Gasteiger partial charge in [0.05, 0.1) is 11.9 Å². The molecule has 0 aromatic heterocycles. The van der Waals surface area contributed by atoms with E-state index in [0.29, 0.717) is 33.6 Å². The SMILES string of the molecule is CCNC(=O)[C@@H](CC)N(Cc1ccc(Cl)cc1Cl)C(=O)CN(c1ccc(Cl)cc1)S(C)(=O)=O. The summed E-state index contributed by atoms with van der Waals surface area (Å²) in [6.45, 7) is 3.44. The number of amides is 2. The molecule has 0 aliphatic carbocycles. The highest BCUT2D eigenvalue weighted by molar-refractivity contribution is 7.92. The number of likely N-dealkylation sites (N-methyl/N-ethyl adjacent to an activating group) is 1. The molecule has 0 spiro atoms. The number of sulfonamides is 1. The molecule has 33 heavy (non-hydrogen) atoms. The van der Waals surface area contributed by atoms with Gasteiger partial charge in [-0.25, -0.2) is 8.42 Å².